The number of benzene rings is 2. The third-order valence-corrected chi connectivity index (χ3v) is 5.77. The molecule has 4 nitrogen and oxygen atoms in total. The number of likely N-dealkylation sites (tertiary alicyclic amines) is 1. The molecule has 0 aliphatic carbocycles. The fraction of sp³-hybridized carbons (Fsp3) is 0.520. The quantitative estimate of drug-likeness (QED) is 0.429. The van der Waals surface area contributed by atoms with Gasteiger partial charge >= 0.3 is 0 Å². The lowest BCUT2D eigenvalue weighted by molar-refractivity contribution is 0.179. The van der Waals surface area contributed by atoms with Crippen LogP contribution in [0.5, 0.6) is 11.5 Å². The van der Waals surface area contributed by atoms with Gasteiger partial charge in [-0.25, -0.2) is 0 Å². The number of rotatable bonds is 11. The van der Waals surface area contributed by atoms with Crippen molar-refractivity contribution in [1.29, 1.82) is 0 Å². The van der Waals surface area contributed by atoms with Crippen molar-refractivity contribution in [3.8, 4) is 11.5 Å². The van der Waals surface area contributed by atoms with Crippen LogP contribution < -0.4 is 9.47 Å². The van der Waals surface area contributed by atoms with Gasteiger partial charge < -0.3 is 19.3 Å². The van der Waals surface area contributed by atoms with Gasteiger partial charge in [0.1, 0.15) is 17.6 Å². The molecule has 1 aliphatic heterocycles. The summed E-state index contributed by atoms with van der Waals surface area (Å²) in [5, 5.41) is 0.742. The fourth-order valence-electron chi connectivity index (χ4n) is 3.79. The van der Waals surface area contributed by atoms with E-state index in [0.29, 0.717) is 0 Å². The first kappa shape index (κ1) is 22.9. The van der Waals surface area contributed by atoms with Gasteiger partial charge in [0, 0.05) is 24.5 Å². The highest BCUT2D eigenvalue weighted by atomic mass is 35.5. The maximum absolute atomic E-state index is 6.32. The minimum absolute atomic E-state index is 0.0130. The smallest absolute Gasteiger partial charge is 0.125 e. The van der Waals surface area contributed by atoms with Crippen molar-refractivity contribution in [3.05, 3.63) is 59.1 Å². The second-order valence-electron chi connectivity index (χ2n) is 8.33. The van der Waals surface area contributed by atoms with Gasteiger partial charge in [-0.05, 0) is 88.4 Å². The average molecular weight is 431 g/mol. The Balaban J connectivity index is 1.49. The number of halogens is 1. The molecule has 2 aromatic carbocycles. The number of hydrogen-bond donors (Lipinski definition) is 0. The largest absolute Gasteiger partial charge is 0.494 e. The van der Waals surface area contributed by atoms with Crippen molar-refractivity contribution in [1.82, 2.24) is 9.80 Å². The molecule has 30 heavy (non-hydrogen) atoms. The van der Waals surface area contributed by atoms with E-state index in [0.717, 1.165) is 54.6 Å². The zero-order valence-electron chi connectivity index (χ0n) is 18.4. The average Bonchev–Trinajstić information content (AvgIpc) is 2.76. The summed E-state index contributed by atoms with van der Waals surface area (Å²) >= 11 is 6.05. The Bertz CT molecular complexity index is 728. The van der Waals surface area contributed by atoms with Crippen LogP contribution in [-0.4, -0.2) is 56.7 Å². The SMILES string of the molecule is CN(C)CCC(Oc1ccc(OCCCN2CCCCC2)cc1)c1ccc(Cl)cc1. The van der Waals surface area contributed by atoms with E-state index >= 15 is 0 Å². The Morgan fingerprint density at radius 1 is 0.933 bits per heavy atom. The fourth-order valence-corrected chi connectivity index (χ4v) is 3.91. The van der Waals surface area contributed by atoms with E-state index in [1.165, 1.54) is 32.4 Å². The highest BCUT2D eigenvalue weighted by molar-refractivity contribution is 6.30. The molecular weight excluding hydrogens is 396 g/mol. The van der Waals surface area contributed by atoms with Gasteiger partial charge in [-0.3, -0.25) is 0 Å². The van der Waals surface area contributed by atoms with E-state index in [-0.39, 0.29) is 6.10 Å². The summed E-state index contributed by atoms with van der Waals surface area (Å²) in [5.41, 5.74) is 1.14. The molecule has 3 rings (SSSR count). The lowest BCUT2D eigenvalue weighted by Crippen LogP contribution is -2.31. The van der Waals surface area contributed by atoms with Crippen LogP contribution in [0.1, 0.15) is 43.8 Å². The van der Waals surface area contributed by atoms with Crippen LogP contribution >= 0.6 is 11.6 Å². The molecule has 164 valence electrons. The van der Waals surface area contributed by atoms with Crippen molar-refractivity contribution in [2.24, 2.45) is 0 Å². The summed E-state index contributed by atoms with van der Waals surface area (Å²) in [6.07, 6.45) is 6.03. The van der Waals surface area contributed by atoms with Crippen LogP contribution in [0.3, 0.4) is 0 Å². The second kappa shape index (κ2) is 12.2. The third-order valence-electron chi connectivity index (χ3n) is 5.52. The van der Waals surface area contributed by atoms with Crippen molar-refractivity contribution in [2.45, 2.75) is 38.2 Å². The number of ether oxygens (including phenoxy) is 2. The van der Waals surface area contributed by atoms with Gasteiger partial charge in [0.25, 0.3) is 0 Å². The molecule has 0 bridgehead atoms. The molecule has 0 radical (unpaired) electrons. The minimum Gasteiger partial charge on any atom is -0.494 e. The highest BCUT2D eigenvalue weighted by Crippen LogP contribution is 2.27. The van der Waals surface area contributed by atoms with Crippen molar-refractivity contribution < 1.29 is 9.47 Å². The first-order valence-electron chi connectivity index (χ1n) is 11.1. The third kappa shape index (κ3) is 7.82. The maximum atomic E-state index is 6.32. The van der Waals surface area contributed by atoms with E-state index in [2.05, 4.69) is 23.9 Å². The lowest BCUT2D eigenvalue weighted by atomic mass is 10.1. The zero-order valence-corrected chi connectivity index (χ0v) is 19.1. The van der Waals surface area contributed by atoms with E-state index in [4.69, 9.17) is 21.1 Å². The normalized spacial score (nSPS) is 15.9. The molecule has 2 aromatic rings. The van der Waals surface area contributed by atoms with Gasteiger partial charge in [-0.15, -0.1) is 0 Å². The standard InChI is InChI=1S/C25H35ClN2O2/c1-27(2)19-15-25(21-7-9-22(26)10-8-21)30-24-13-11-23(12-14-24)29-20-6-18-28-16-4-3-5-17-28/h7-14,25H,3-6,15-20H2,1-2H3. The molecule has 0 spiro atoms. The molecule has 0 N–H and O–H groups in total. The molecule has 0 saturated carbocycles. The summed E-state index contributed by atoms with van der Waals surface area (Å²) in [6.45, 7) is 5.33. The first-order valence-corrected chi connectivity index (χ1v) is 11.5. The van der Waals surface area contributed by atoms with Gasteiger partial charge in [0.05, 0.1) is 6.61 Å². The Kier molecular flexibility index (Phi) is 9.31. The van der Waals surface area contributed by atoms with Crippen molar-refractivity contribution in [2.75, 3.05) is 46.9 Å². The second-order valence-corrected chi connectivity index (χ2v) is 8.76. The van der Waals surface area contributed by atoms with Gasteiger partial charge in [0.2, 0.25) is 0 Å². The minimum atomic E-state index is -0.0130. The van der Waals surface area contributed by atoms with Crippen LogP contribution in [0, 0.1) is 0 Å². The predicted molar refractivity (Wildman–Crippen MR) is 125 cm³/mol. The van der Waals surface area contributed by atoms with E-state index in [9.17, 15) is 0 Å². The molecule has 0 aromatic heterocycles. The topological polar surface area (TPSA) is 24.9 Å². The Labute approximate surface area is 186 Å². The zero-order chi connectivity index (χ0) is 21.2. The van der Waals surface area contributed by atoms with Gasteiger partial charge in [0.15, 0.2) is 0 Å². The Morgan fingerprint density at radius 3 is 2.27 bits per heavy atom. The summed E-state index contributed by atoms with van der Waals surface area (Å²) < 4.78 is 12.2. The number of nitrogens with zero attached hydrogens (tertiary/aromatic N) is 2. The van der Waals surface area contributed by atoms with E-state index in [1.54, 1.807) is 0 Å². The summed E-state index contributed by atoms with van der Waals surface area (Å²) in [6, 6.07) is 15.9. The monoisotopic (exact) mass is 430 g/mol. The summed E-state index contributed by atoms with van der Waals surface area (Å²) in [5.74, 6) is 1.76. The highest BCUT2D eigenvalue weighted by Gasteiger charge is 2.14. The van der Waals surface area contributed by atoms with E-state index in [1.807, 2.05) is 48.5 Å². The maximum Gasteiger partial charge on any atom is 0.125 e. The Morgan fingerprint density at radius 2 is 1.60 bits per heavy atom. The molecule has 0 amide bonds. The van der Waals surface area contributed by atoms with Crippen LogP contribution in [0.15, 0.2) is 48.5 Å². The van der Waals surface area contributed by atoms with Gasteiger partial charge in [-0.2, -0.15) is 0 Å². The Hall–Kier alpha value is -1.75. The molecule has 1 saturated heterocycles. The predicted octanol–water partition coefficient (Wildman–Crippen LogP) is 5.67. The number of piperidine rings is 1. The molecule has 5 heteroatoms. The van der Waals surface area contributed by atoms with E-state index < -0.39 is 0 Å². The van der Waals surface area contributed by atoms with Crippen molar-refractivity contribution >= 4 is 11.6 Å². The summed E-state index contributed by atoms with van der Waals surface area (Å²) in [7, 11) is 4.16. The van der Waals surface area contributed by atoms with Crippen LogP contribution in [0.4, 0.5) is 0 Å². The summed E-state index contributed by atoms with van der Waals surface area (Å²) in [4.78, 5) is 4.72. The first-order chi connectivity index (χ1) is 14.6. The van der Waals surface area contributed by atoms with Gasteiger partial charge in [-0.1, -0.05) is 30.2 Å². The van der Waals surface area contributed by atoms with Crippen molar-refractivity contribution in [3.63, 3.8) is 0 Å². The lowest BCUT2D eigenvalue weighted by Gasteiger charge is -2.26. The van der Waals surface area contributed by atoms with Crippen LogP contribution in [0.2, 0.25) is 5.02 Å². The van der Waals surface area contributed by atoms with Crippen LogP contribution in [-0.2, 0) is 0 Å². The van der Waals surface area contributed by atoms with Crippen LogP contribution in [0.25, 0.3) is 0 Å². The molecule has 1 fully saturated rings. The molecule has 1 atom stereocenters. The molecule has 1 unspecified atom stereocenters. The number of hydrogen-bond acceptors (Lipinski definition) is 4. The molecular formula is C25H35ClN2O2. The molecule has 1 heterocycles. The molecule has 1 aliphatic rings.